The van der Waals surface area contributed by atoms with Crippen molar-refractivity contribution in [1.82, 2.24) is 0 Å². The molecule has 24 heavy (non-hydrogen) atoms. The maximum Gasteiger partial charge on any atom is -0.00117 e. The Bertz CT molecular complexity index is 1040. The molecule has 5 rings (SSSR count). The van der Waals surface area contributed by atoms with Crippen LogP contribution >= 0.6 is 22.7 Å². The van der Waals surface area contributed by atoms with Gasteiger partial charge < -0.3 is 0 Å². The summed E-state index contributed by atoms with van der Waals surface area (Å²) >= 11 is 3.51. The van der Waals surface area contributed by atoms with Crippen molar-refractivity contribution in [1.29, 1.82) is 0 Å². The van der Waals surface area contributed by atoms with Crippen LogP contribution in [0.5, 0.6) is 0 Å². The highest BCUT2D eigenvalue weighted by Gasteiger charge is 2.17. The van der Waals surface area contributed by atoms with Crippen molar-refractivity contribution in [2.45, 2.75) is 0 Å². The molecule has 0 bridgehead atoms. The maximum atomic E-state index is 2.26. The van der Waals surface area contributed by atoms with E-state index in [0.29, 0.717) is 0 Å². The lowest BCUT2D eigenvalue weighted by Crippen LogP contribution is -1.89. The van der Waals surface area contributed by atoms with E-state index in [1.54, 1.807) is 22.7 Å². The highest BCUT2D eigenvalue weighted by Crippen LogP contribution is 2.45. The van der Waals surface area contributed by atoms with Gasteiger partial charge in [0.05, 0.1) is 0 Å². The summed E-state index contributed by atoms with van der Waals surface area (Å²) in [5.74, 6) is 0. The van der Waals surface area contributed by atoms with Crippen LogP contribution in [0.15, 0.2) is 82.2 Å². The van der Waals surface area contributed by atoms with Crippen LogP contribution in [-0.2, 0) is 0 Å². The van der Waals surface area contributed by atoms with E-state index in [0.717, 1.165) is 0 Å². The van der Waals surface area contributed by atoms with Crippen molar-refractivity contribution >= 4 is 44.2 Å². The Hall–Kier alpha value is -2.42. The first-order valence-electron chi connectivity index (χ1n) is 7.92. The van der Waals surface area contributed by atoms with Gasteiger partial charge in [0.2, 0.25) is 0 Å². The molecule has 0 nitrogen and oxygen atoms in total. The highest BCUT2D eigenvalue weighted by atomic mass is 32.1. The fourth-order valence-corrected chi connectivity index (χ4v) is 4.85. The molecule has 0 radical (unpaired) electrons. The molecule has 3 aromatic carbocycles. The molecule has 2 aromatic heterocycles. The summed E-state index contributed by atoms with van der Waals surface area (Å²) in [5.41, 5.74) is 5.32. The standard InChI is InChI=1S/C22H14S2/c1-3-7-19-17(5-1)18-6-2-4-8-20(18)22(16-10-12-24-14-16)21(19)15-9-11-23-13-15/h1-14H. The molecule has 0 saturated heterocycles. The lowest BCUT2D eigenvalue weighted by atomic mass is 9.87. The second kappa shape index (κ2) is 5.59. The van der Waals surface area contributed by atoms with Gasteiger partial charge in [0.15, 0.2) is 0 Å². The molecule has 0 unspecified atom stereocenters. The molecule has 0 aliphatic rings. The minimum absolute atomic E-state index is 1.31. The topological polar surface area (TPSA) is 0 Å². The van der Waals surface area contributed by atoms with Gasteiger partial charge in [0, 0.05) is 0 Å². The Morgan fingerprint density at radius 3 is 1.25 bits per heavy atom. The van der Waals surface area contributed by atoms with Gasteiger partial charge in [-0.1, -0.05) is 48.5 Å². The lowest BCUT2D eigenvalue weighted by Gasteiger charge is -2.16. The first-order chi connectivity index (χ1) is 11.9. The van der Waals surface area contributed by atoms with Crippen LogP contribution in [0.1, 0.15) is 0 Å². The van der Waals surface area contributed by atoms with Crippen molar-refractivity contribution in [3.05, 3.63) is 82.2 Å². The van der Waals surface area contributed by atoms with E-state index in [4.69, 9.17) is 0 Å². The third kappa shape index (κ3) is 2.04. The molecule has 2 heterocycles. The van der Waals surface area contributed by atoms with E-state index in [2.05, 4.69) is 82.2 Å². The van der Waals surface area contributed by atoms with E-state index in [1.807, 2.05) is 0 Å². The van der Waals surface area contributed by atoms with E-state index in [9.17, 15) is 0 Å². The summed E-state index contributed by atoms with van der Waals surface area (Å²) in [6.07, 6.45) is 0. The Kier molecular flexibility index (Phi) is 3.25. The molecule has 114 valence electrons. The first-order valence-corrected chi connectivity index (χ1v) is 9.80. The average molecular weight is 342 g/mol. The quantitative estimate of drug-likeness (QED) is 0.292. The van der Waals surface area contributed by atoms with Crippen molar-refractivity contribution < 1.29 is 0 Å². The maximum absolute atomic E-state index is 2.26. The van der Waals surface area contributed by atoms with Crippen LogP contribution in [0, 0.1) is 0 Å². The number of thiophene rings is 2. The van der Waals surface area contributed by atoms with Gasteiger partial charge in [0.25, 0.3) is 0 Å². The zero-order valence-corrected chi connectivity index (χ0v) is 14.5. The molecule has 0 aliphatic heterocycles. The van der Waals surface area contributed by atoms with E-state index in [-0.39, 0.29) is 0 Å². The second-order valence-electron chi connectivity index (χ2n) is 5.87. The molecule has 0 aliphatic carbocycles. The number of rotatable bonds is 2. The summed E-state index contributed by atoms with van der Waals surface area (Å²) in [5, 5.41) is 14.2. The summed E-state index contributed by atoms with van der Waals surface area (Å²) < 4.78 is 0. The van der Waals surface area contributed by atoms with Crippen LogP contribution in [-0.4, -0.2) is 0 Å². The van der Waals surface area contributed by atoms with E-state index >= 15 is 0 Å². The molecule has 0 amide bonds. The Balaban J connectivity index is 2.08. The van der Waals surface area contributed by atoms with Gasteiger partial charge in [-0.2, -0.15) is 22.7 Å². The Morgan fingerprint density at radius 2 is 0.875 bits per heavy atom. The molecule has 2 heteroatoms. The van der Waals surface area contributed by atoms with Gasteiger partial charge in [0.1, 0.15) is 0 Å². The molecule has 5 aromatic rings. The first kappa shape index (κ1) is 14.0. The average Bonchev–Trinajstić information content (AvgIpc) is 3.34. The summed E-state index contributed by atoms with van der Waals surface area (Å²) in [7, 11) is 0. The molecule has 0 atom stereocenters. The van der Waals surface area contributed by atoms with Crippen molar-refractivity contribution in [3.63, 3.8) is 0 Å². The predicted octanol–water partition coefficient (Wildman–Crippen LogP) is 7.45. The largest absolute Gasteiger partial charge is 0.152 e. The minimum atomic E-state index is 1.31. The number of hydrogen-bond donors (Lipinski definition) is 0. The summed E-state index contributed by atoms with van der Waals surface area (Å²) in [4.78, 5) is 0. The number of hydrogen-bond acceptors (Lipinski definition) is 2. The fraction of sp³-hybridized carbons (Fsp3) is 0. The van der Waals surface area contributed by atoms with E-state index in [1.165, 1.54) is 43.8 Å². The summed E-state index contributed by atoms with van der Waals surface area (Å²) in [6.45, 7) is 0. The molecule has 0 fully saturated rings. The van der Waals surface area contributed by atoms with Crippen molar-refractivity contribution in [2.24, 2.45) is 0 Å². The number of benzene rings is 3. The van der Waals surface area contributed by atoms with E-state index < -0.39 is 0 Å². The van der Waals surface area contributed by atoms with Crippen LogP contribution in [0.2, 0.25) is 0 Å². The monoisotopic (exact) mass is 342 g/mol. The SMILES string of the molecule is c1ccc2c(c1)c(-c1ccsc1)c(-c1ccsc1)c1ccccc12. The van der Waals surface area contributed by atoms with Crippen molar-refractivity contribution in [3.8, 4) is 22.3 Å². The third-order valence-corrected chi connectivity index (χ3v) is 5.92. The summed E-state index contributed by atoms with van der Waals surface area (Å²) in [6, 6.07) is 22.0. The van der Waals surface area contributed by atoms with Crippen LogP contribution in [0.3, 0.4) is 0 Å². The van der Waals surface area contributed by atoms with Crippen LogP contribution in [0.4, 0.5) is 0 Å². The Morgan fingerprint density at radius 1 is 0.458 bits per heavy atom. The number of fused-ring (bicyclic) bond motifs is 3. The second-order valence-corrected chi connectivity index (χ2v) is 7.43. The normalized spacial score (nSPS) is 11.3. The van der Waals surface area contributed by atoms with Crippen LogP contribution < -0.4 is 0 Å². The third-order valence-electron chi connectivity index (χ3n) is 4.55. The van der Waals surface area contributed by atoms with Gasteiger partial charge in [-0.15, -0.1) is 0 Å². The zero-order valence-electron chi connectivity index (χ0n) is 12.9. The van der Waals surface area contributed by atoms with Gasteiger partial charge in [-0.3, -0.25) is 0 Å². The molecular formula is C22H14S2. The molecular weight excluding hydrogens is 328 g/mol. The highest BCUT2D eigenvalue weighted by molar-refractivity contribution is 7.08. The zero-order chi connectivity index (χ0) is 15.9. The van der Waals surface area contributed by atoms with Crippen LogP contribution in [0.25, 0.3) is 43.8 Å². The molecule has 0 saturated carbocycles. The smallest absolute Gasteiger partial charge is 0.00117 e. The lowest BCUT2D eigenvalue weighted by molar-refractivity contribution is 1.71. The van der Waals surface area contributed by atoms with Crippen molar-refractivity contribution in [2.75, 3.05) is 0 Å². The Labute approximate surface area is 148 Å². The van der Waals surface area contributed by atoms with Gasteiger partial charge in [-0.05, 0) is 77.5 Å². The predicted molar refractivity (Wildman–Crippen MR) is 108 cm³/mol. The fourth-order valence-electron chi connectivity index (χ4n) is 3.55. The molecule has 0 spiro atoms. The molecule has 0 N–H and O–H groups in total. The van der Waals surface area contributed by atoms with Gasteiger partial charge >= 0.3 is 0 Å². The van der Waals surface area contributed by atoms with Gasteiger partial charge in [-0.25, -0.2) is 0 Å². The minimum Gasteiger partial charge on any atom is -0.152 e.